The number of ether oxygens (including phenoxy) is 2. The van der Waals surface area contributed by atoms with Crippen LogP contribution >= 0.6 is 24.0 Å². The molecule has 0 spiro atoms. The zero-order valence-electron chi connectivity index (χ0n) is 16.8. The number of guanidine groups is 1. The second-order valence-corrected chi connectivity index (χ2v) is 7.47. The van der Waals surface area contributed by atoms with Gasteiger partial charge in [0.05, 0.1) is 12.7 Å². The first-order chi connectivity index (χ1) is 12.7. The molecule has 2 saturated heterocycles. The molecule has 1 aromatic rings. The van der Waals surface area contributed by atoms with Crippen molar-refractivity contribution < 1.29 is 9.47 Å². The highest BCUT2D eigenvalue weighted by molar-refractivity contribution is 14.0. The molecule has 0 radical (unpaired) electrons. The molecular weight excluding hydrogens is 457 g/mol. The predicted molar refractivity (Wildman–Crippen MR) is 118 cm³/mol. The Morgan fingerprint density at radius 3 is 2.85 bits per heavy atom. The van der Waals surface area contributed by atoms with Crippen LogP contribution in [0.4, 0.5) is 0 Å². The first-order valence-electron chi connectivity index (χ1n) is 9.93. The smallest absolute Gasteiger partial charge is 0.194 e. The van der Waals surface area contributed by atoms with Crippen LogP contribution in [0.5, 0.6) is 0 Å². The number of aliphatic imine (C=N–C) groups is 1. The molecule has 0 amide bonds. The van der Waals surface area contributed by atoms with Gasteiger partial charge in [-0.15, -0.1) is 24.0 Å². The third kappa shape index (κ3) is 6.32. The number of morpholine rings is 1. The van der Waals surface area contributed by atoms with Crippen molar-refractivity contribution in [3.05, 3.63) is 18.2 Å². The van der Waals surface area contributed by atoms with E-state index in [1.807, 2.05) is 12.4 Å². The van der Waals surface area contributed by atoms with Gasteiger partial charge < -0.3 is 24.3 Å². The summed E-state index contributed by atoms with van der Waals surface area (Å²) in [5.41, 5.74) is 0. The summed E-state index contributed by atoms with van der Waals surface area (Å²) in [6, 6.07) is 0. The Labute approximate surface area is 179 Å². The van der Waals surface area contributed by atoms with Crippen molar-refractivity contribution in [1.29, 1.82) is 0 Å². The number of halogens is 1. The molecule has 8 heteroatoms. The largest absolute Gasteiger partial charge is 0.375 e. The van der Waals surface area contributed by atoms with E-state index in [0.29, 0.717) is 12.5 Å². The van der Waals surface area contributed by atoms with Crippen LogP contribution in [0.25, 0.3) is 0 Å². The Balaban J connectivity index is 0.00000261. The second kappa shape index (κ2) is 11.2. The number of nitrogens with one attached hydrogen (secondary N) is 1. The van der Waals surface area contributed by atoms with Crippen LogP contribution in [-0.4, -0.2) is 65.5 Å². The van der Waals surface area contributed by atoms with E-state index in [2.05, 4.69) is 40.5 Å². The Morgan fingerprint density at radius 2 is 2.15 bits per heavy atom. The van der Waals surface area contributed by atoms with Gasteiger partial charge in [0.2, 0.25) is 0 Å². The lowest BCUT2D eigenvalue weighted by Crippen LogP contribution is -2.53. The molecule has 0 saturated carbocycles. The molecule has 154 valence electrons. The summed E-state index contributed by atoms with van der Waals surface area (Å²) in [4.78, 5) is 11.7. The molecule has 1 aromatic heterocycles. The van der Waals surface area contributed by atoms with Crippen LogP contribution in [0.3, 0.4) is 0 Å². The zero-order valence-corrected chi connectivity index (χ0v) is 19.1. The van der Waals surface area contributed by atoms with Gasteiger partial charge in [-0.1, -0.05) is 13.8 Å². The summed E-state index contributed by atoms with van der Waals surface area (Å²) in [6.07, 6.45) is 6.50. The van der Waals surface area contributed by atoms with Crippen LogP contribution in [0.15, 0.2) is 17.4 Å². The zero-order chi connectivity index (χ0) is 18.4. The number of hydrogen-bond acceptors (Lipinski definition) is 4. The minimum absolute atomic E-state index is 0. The topological polar surface area (TPSA) is 63.9 Å². The Morgan fingerprint density at radius 1 is 1.33 bits per heavy atom. The molecule has 2 aliphatic heterocycles. The highest BCUT2D eigenvalue weighted by Crippen LogP contribution is 2.21. The Hall–Kier alpha value is -0.870. The fourth-order valence-electron chi connectivity index (χ4n) is 3.61. The molecule has 0 aliphatic carbocycles. The van der Waals surface area contributed by atoms with Gasteiger partial charge in [-0.05, 0) is 25.7 Å². The van der Waals surface area contributed by atoms with Crippen molar-refractivity contribution in [2.24, 2.45) is 10.9 Å². The molecular formula is C19H34IN5O2. The highest BCUT2D eigenvalue weighted by atomic mass is 127. The van der Waals surface area contributed by atoms with E-state index in [1.165, 1.54) is 0 Å². The fraction of sp³-hybridized carbons (Fsp3) is 0.789. The molecule has 2 atom stereocenters. The number of aromatic nitrogens is 2. The lowest BCUT2D eigenvalue weighted by molar-refractivity contribution is -0.0817. The monoisotopic (exact) mass is 491 g/mol. The van der Waals surface area contributed by atoms with Crippen molar-refractivity contribution in [2.45, 2.75) is 58.9 Å². The Kier molecular flexibility index (Phi) is 9.31. The fourth-order valence-corrected chi connectivity index (χ4v) is 3.61. The van der Waals surface area contributed by atoms with Crippen molar-refractivity contribution in [3.8, 4) is 0 Å². The standard InChI is InChI=1S/C19H33N5O2.HI/c1-4-20-19(22-12-18-21-7-8-23(18)13-15(2)3)24-9-11-26-17(14-24)16-6-5-10-25-16;/h7-8,15-17H,4-6,9-14H2,1-3H3,(H,20,22);1H. The third-order valence-corrected chi connectivity index (χ3v) is 4.84. The van der Waals surface area contributed by atoms with Gasteiger partial charge in [0, 0.05) is 45.2 Å². The summed E-state index contributed by atoms with van der Waals surface area (Å²) < 4.78 is 14.0. The molecule has 1 N–H and O–H groups in total. The maximum absolute atomic E-state index is 5.97. The van der Waals surface area contributed by atoms with Crippen molar-refractivity contribution >= 4 is 29.9 Å². The minimum atomic E-state index is 0. The lowest BCUT2D eigenvalue weighted by Gasteiger charge is -2.37. The number of rotatable bonds is 6. The van der Waals surface area contributed by atoms with Gasteiger partial charge in [0.1, 0.15) is 18.5 Å². The first-order valence-corrected chi connectivity index (χ1v) is 9.93. The van der Waals surface area contributed by atoms with Crippen LogP contribution in [0.2, 0.25) is 0 Å². The van der Waals surface area contributed by atoms with Crippen molar-refractivity contribution in [1.82, 2.24) is 19.8 Å². The molecule has 2 unspecified atom stereocenters. The van der Waals surface area contributed by atoms with Gasteiger partial charge in [-0.3, -0.25) is 0 Å². The second-order valence-electron chi connectivity index (χ2n) is 7.47. The summed E-state index contributed by atoms with van der Waals surface area (Å²) in [7, 11) is 0. The molecule has 3 heterocycles. The van der Waals surface area contributed by atoms with E-state index in [-0.39, 0.29) is 36.2 Å². The van der Waals surface area contributed by atoms with E-state index < -0.39 is 0 Å². The van der Waals surface area contributed by atoms with E-state index in [4.69, 9.17) is 14.5 Å². The number of imidazole rings is 1. The lowest BCUT2D eigenvalue weighted by atomic mass is 10.1. The van der Waals surface area contributed by atoms with Crippen LogP contribution < -0.4 is 5.32 Å². The normalized spacial score (nSPS) is 23.6. The predicted octanol–water partition coefficient (Wildman–Crippen LogP) is 2.50. The molecule has 3 rings (SSSR count). The van der Waals surface area contributed by atoms with E-state index in [9.17, 15) is 0 Å². The van der Waals surface area contributed by atoms with Crippen LogP contribution in [0.1, 0.15) is 39.4 Å². The summed E-state index contributed by atoms with van der Waals surface area (Å²) in [5.74, 6) is 2.54. The van der Waals surface area contributed by atoms with Crippen molar-refractivity contribution in [2.75, 3.05) is 32.8 Å². The maximum Gasteiger partial charge on any atom is 0.194 e. The molecule has 27 heavy (non-hydrogen) atoms. The molecule has 2 fully saturated rings. The average molecular weight is 491 g/mol. The number of nitrogens with zero attached hydrogens (tertiary/aromatic N) is 4. The van der Waals surface area contributed by atoms with Gasteiger partial charge in [0.15, 0.2) is 5.96 Å². The molecule has 7 nitrogen and oxygen atoms in total. The van der Waals surface area contributed by atoms with Gasteiger partial charge in [-0.2, -0.15) is 0 Å². The van der Waals surface area contributed by atoms with E-state index >= 15 is 0 Å². The summed E-state index contributed by atoms with van der Waals surface area (Å²) in [6.45, 7) is 12.2. The van der Waals surface area contributed by atoms with Crippen LogP contribution in [-0.2, 0) is 22.6 Å². The van der Waals surface area contributed by atoms with Gasteiger partial charge in [0.25, 0.3) is 0 Å². The number of hydrogen-bond donors (Lipinski definition) is 1. The van der Waals surface area contributed by atoms with Crippen molar-refractivity contribution in [3.63, 3.8) is 0 Å². The van der Waals surface area contributed by atoms with E-state index in [1.54, 1.807) is 0 Å². The summed E-state index contributed by atoms with van der Waals surface area (Å²) >= 11 is 0. The third-order valence-electron chi connectivity index (χ3n) is 4.84. The van der Waals surface area contributed by atoms with Crippen LogP contribution in [0, 0.1) is 5.92 Å². The Bertz CT molecular complexity index is 586. The molecule has 2 aliphatic rings. The first kappa shape index (κ1) is 22.4. The van der Waals surface area contributed by atoms with E-state index in [0.717, 1.165) is 64.0 Å². The SMILES string of the molecule is CCNC(=NCc1nccn1CC(C)C)N1CCOC(C2CCCO2)C1.I. The molecule has 0 aromatic carbocycles. The minimum Gasteiger partial charge on any atom is -0.375 e. The van der Waals surface area contributed by atoms with Gasteiger partial charge in [-0.25, -0.2) is 9.98 Å². The quantitative estimate of drug-likeness (QED) is 0.377. The molecule has 0 bridgehead atoms. The summed E-state index contributed by atoms with van der Waals surface area (Å²) in [5, 5.41) is 3.43. The average Bonchev–Trinajstić information content (AvgIpc) is 3.30. The van der Waals surface area contributed by atoms with Gasteiger partial charge >= 0.3 is 0 Å². The highest BCUT2D eigenvalue weighted by Gasteiger charge is 2.32. The maximum atomic E-state index is 5.97.